The van der Waals surface area contributed by atoms with Gasteiger partial charge in [-0.05, 0) is 31.9 Å². The van der Waals surface area contributed by atoms with Crippen LogP contribution in [0.5, 0.6) is 0 Å². The zero-order valence-corrected chi connectivity index (χ0v) is 16.0. The Morgan fingerprint density at radius 1 is 1.12 bits per heavy atom. The maximum absolute atomic E-state index is 13.6. The third-order valence-electron chi connectivity index (χ3n) is 4.70. The molecule has 5 nitrogen and oxygen atoms in total. The number of anilines is 1. The molecule has 1 aliphatic rings. The minimum atomic E-state index is -3.86. The fourth-order valence-electron chi connectivity index (χ4n) is 3.35. The minimum absolute atomic E-state index is 0.0108. The lowest BCUT2D eigenvalue weighted by Gasteiger charge is -2.30. The van der Waals surface area contributed by atoms with Gasteiger partial charge in [0, 0.05) is 12.1 Å². The van der Waals surface area contributed by atoms with E-state index in [2.05, 4.69) is 5.32 Å². The number of amides is 1. The number of halogens is 2. The summed E-state index contributed by atoms with van der Waals surface area (Å²) in [6.45, 7) is 1.45. The van der Waals surface area contributed by atoms with Gasteiger partial charge in [0.05, 0.1) is 11.9 Å². The van der Waals surface area contributed by atoms with Crippen LogP contribution in [0.4, 0.5) is 14.5 Å². The normalized spacial score (nSPS) is 17.8. The van der Waals surface area contributed by atoms with Crippen molar-refractivity contribution in [3.05, 3.63) is 29.8 Å². The van der Waals surface area contributed by atoms with Gasteiger partial charge in [-0.25, -0.2) is 17.2 Å². The van der Waals surface area contributed by atoms with Crippen molar-refractivity contribution in [2.24, 2.45) is 0 Å². The van der Waals surface area contributed by atoms with E-state index in [9.17, 15) is 22.0 Å². The highest BCUT2D eigenvalue weighted by molar-refractivity contribution is 7.92. The first-order valence-electron chi connectivity index (χ1n) is 8.95. The highest BCUT2D eigenvalue weighted by Gasteiger charge is 2.30. The Labute approximate surface area is 153 Å². The number of nitrogens with one attached hydrogen (secondary N) is 1. The van der Waals surface area contributed by atoms with Gasteiger partial charge in [0.2, 0.25) is 15.9 Å². The summed E-state index contributed by atoms with van der Waals surface area (Å²) in [6, 6.07) is 1.73. The van der Waals surface area contributed by atoms with E-state index in [1.165, 1.54) is 13.3 Å². The molecule has 0 unspecified atom stereocenters. The van der Waals surface area contributed by atoms with Crippen molar-refractivity contribution in [2.75, 3.05) is 10.6 Å². The van der Waals surface area contributed by atoms with Crippen molar-refractivity contribution in [2.45, 2.75) is 64.0 Å². The summed E-state index contributed by atoms with van der Waals surface area (Å²) in [5.74, 6) is -2.68. The molecule has 0 aromatic heterocycles. The molecule has 1 amide bonds. The van der Waals surface area contributed by atoms with Gasteiger partial charge in [-0.15, -0.1) is 0 Å². The van der Waals surface area contributed by atoms with Crippen LogP contribution in [0.15, 0.2) is 18.2 Å². The SMILES string of the molecule is C[C@@H](C(=O)NC1CCCCCCC1)N(c1ccc(F)c(F)c1)S(C)(=O)=O. The van der Waals surface area contributed by atoms with E-state index in [1.807, 2.05) is 0 Å². The maximum Gasteiger partial charge on any atom is 0.243 e. The summed E-state index contributed by atoms with van der Waals surface area (Å²) in [5.41, 5.74) is -0.0771. The zero-order chi connectivity index (χ0) is 19.3. The maximum atomic E-state index is 13.6. The van der Waals surface area contributed by atoms with E-state index in [0.29, 0.717) is 0 Å². The van der Waals surface area contributed by atoms with Gasteiger partial charge in [-0.2, -0.15) is 0 Å². The molecule has 26 heavy (non-hydrogen) atoms. The number of nitrogens with zero attached hydrogens (tertiary/aromatic N) is 1. The fraction of sp³-hybridized carbons (Fsp3) is 0.611. The molecule has 0 heterocycles. The van der Waals surface area contributed by atoms with Crippen LogP contribution in [0, 0.1) is 11.6 Å². The Balaban J connectivity index is 2.18. The second-order valence-corrected chi connectivity index (χ2v) is 8.74. The number of carbonyl (C=O) groups excluding carboxylic acids is 1. The molecule has 1 aliphatic carbocycles. The van der Waals surface area contributed by atoms with E-state index in [4.69, 9.17) is 0 Å². The van der Waals surface area contributed by atoms with Crippen molar-refractivity contribution in [3.63, 3.8) is 0 Å². The van der Waals surface area contributed by atoms with Gasteiger partial charge < -0.3 is 5.32 Å². The van der Waals surface area contributed by atoms with Crippen molar-refractivity contribution < 1.29 is 22.0 Å². The molecule has 8 heteroatoms. The Morgan fingerprint density at radius 2 is 1.69 bits per heavy atom. The van der Waals surface area contributed by atoms with Crippen LogP contribution in [0.2, 0.25) is 0 Å². The summed E-state index contributed by atoms with van der Waals surface area (Å²) in [5, 5.41) is 2.92. The summed E-state index contributed by atoms with van der Waals surface area (Å²) >= 11 is 0. The van der Waals surface area contributed by atoms with E-state index >= 15 is 0 Å². The summed E-state index contributed by atoms with van der Waals surface area (Å²) in [4.78, 5) is 12.6. The van der Waals surface area contributed by atoms with Crippen molar-refractivity contribution in [1.82, 2.24) is 5.32 Å². The fourth-order valence-corrected chi connectivity index (χ4v) is 4.52. The second-order valence-electron chi connectivity index (χ2n) is 6.88. The summed E-state index contributed by atoms with van der Waals surface area (Å²) in [7, 11) is -3.86. The molecule has 146 valence electrons. The highest BCUT2D eigenvalue weighted by Crippen LogP contribution is 2.24. The van der Waals surface area contributed by atoms with Gasteiger partial charge in [0.25, 0.3) is 0 Å². The van der Waals surface area contributed by atoms with Crippen molar-refractivity contribution >= 4 is 21.6 Å². The van der Waals surface area contributed by atoms with Crippen LogP contribution in [-0.4, -0.2) is 32.7 Å². The van der Waals surface area contributed by atoms with Crippen LogP contribution in [0.25, 0.3) is 0 Å². The number of sulfonamides is 1. The van der Waals surface area contributed by atoms with Gasteiger partial charge in [-0.1, -0.05) is 32.1 Å². The molecule has 0 aliphatic heterocycles. The predicted molar refractivity (Wildman–Crippen MR) is 97.4 cm³/mol. The first-order valence-corrected chi connectivity index (χ1v) is 10.8. The lowest BCUT2D eigenvalue weighted by Crippen LogP contribution is -2.50. The van der Waals surface area contributed by atoms with Crippen LogP contribution in [-0.2, 0) is 14.8 Å². The van der Waals surface area contributed by atoms with E-state index < -0.39 is 33.6 Å². The monoisotopic (exact) mass is 388 g/mol. The smallest absolute Gasteiger partial charge is 0.243 e. The topological polar surface area (TPSA) is 66.5 Å². The lowest BCUT2D eigenvalue weighted by molar-refractivity contribution is -0.122. The Bertz CT molecular complexity index is 732. The molecule has 1 saturated carbocycles. The zero-order valence-electron chi connectivity index (χ0n) is 15.2. The molecular weight excluding hydrogens is 362 g/mol. The molecule has 0 saturated heterocycles. The van der Waals surface area contributed by atoms with E-state index in [0.717, 1.165) is 67.3 Å². The molecule has 1 atom stereocenters. The van der Waals surface area contributed by atoms with Gasteiger partial charge >= 0.3 is 0 Å². The largest absolute Gasteiger partial charge is 0.352 e. The Kier molecular flexibility index (Phi) is 6.97. The third kappa shape index (κ3) is 5.40. The van der Waals surface area contributed by atoms with Crippen molar-refractivity contribution in [1.29, 1.82) is 0 Å². The van der Waals surface area contributed by atoms with Crippen molar-refractivity contribution in [3.8, 4) is 0 Å². The van der Waals surface area contributed by atoms with Crippen LogP contribution in [0.1, 0.15) is 51.9 Å². The third-order valence-corrected chi connectivity index (χ3v) is 5.94. The lowest BCUT2D eigenvalue weighted by atomic mass is 9.96. The van der Waals surface area contributed by atoms with Gasteiger partial charge in [0.1, 0.15) is 6.04 Å². The molecule has 0 spiro atoms. The molecule has 0 radical (unpaired) electrons. The molecule has 1 N–H and O–H groups in total. The number of hydrogen-bond donors (Lipinski definition) is 1. The van der Waals surface area contributed by atoms with E-state index in [-0.39, 0.29) is 11.7 Å². The van der Waals surface area contributed by atoms with E-state index in [1.54, 1.807) is 0 Å². The minimum Gasteiger partial charge on any atom is -0.352 e. The number of carbonyl (C=O) groups is 1. The average molecular weight is 388 g/mol. The molecule has 0 bridgehead atoms. The molecule has 1 fully saturated rings. The number of benzene rings is 1. The number of hydrogen-bond acceptors (Lipinski definition) is 3. The second kappa shape index (κ2) is 8.79. The van der Waals surface area contributed by atoms with Crippen LogP contribution in [0.3, 0.4) is 0 Å². The van der Waals surface area contributed by atoms with Gasteiger partial charge in [0.15, 0.2) is 11.6 Å². The molecule has 1 aromatic carbocycles. The first-order chi connectivity index (χ1) is 12.2. The van der Waals surface area contributed by atoms with Gasteiger partial charge in [-0.3, -0.25) is 9.10 Å². The Morgan fingerprint density at radius 3 is 2.23 bits per heavy atom. The first kappa shape index (κ1) is 20.6. The highest BCUT2D eigenvalue weighted by atomic mass is 32.2. The molecular formula is C18H26F2N2O3S. The van der Waals surface area contributed by atoms with Crippen LogP contribution < -0.4 is 9.62 Å². The Hall–Kier alpha value is -1.70. The standard InChI is InChI=1S/C18H26F2N2O3S/c1-13(18(23)21-14-8-6-4-3-5-7-9-14)22(26(2,24)25)15-10-11-16(19)17(20)12-15/h10-14H,3-9H2,1-2H3,(H,21,23)/t13-/m0/s1. The molecule has 1 aromatic rings. The summed E-state index contributed by atoms with van der Waals surface area (Å²) in [6.07, 6.45) is 8.18. The van der Waals surface area contributed by atoms with Crippen LogP contribution >= 0.6 is 0 Å². The average Bonchev–Trinajstić information content (AvgIpc) is 2.52. The summed E-state index contributed by atoms with van der Waals surface area (Å²) < 4.78 is 51.9. The predicted octanol–water partition coefficient (Wildman–Crippen LogP) is 3.35. The number of rotatable bonds is 5. The molecule has 2 rings (SSSR count). The quantitative estimate of drug-likeness (QED) is 0.841.